The maximum atomic E-state index is 12.1. The third-order valence-electron chi connectivity index (χ3n) is 3.46. The molecule has 2 N–H and O–H groups in total. The van der Waals surface area contributed by atoms with Gasteiger partial charge in [0.25, 0.3) is 5.91 Å². The van der Waals surface area contributed by atoms with E-state index in [1.165, 1.54) is 19.4 Å². The van der Waals surface area contributed by atoms with Gasteiger partial charge in [0.05, 0.1) is 13.7 Å². The maximum Gasteiger partial charge on any atom is 0.273 e. The van der Waals surface area contributed by atoms with E-state index in [1.807, 2.05) is 30.3 Å². The van der Waals surface area contributed by atoms with Crippen LogP contribution in [0.3, 0.4) is 0 Å². The molecule has 0 radical (unpaired) electrons. The molecular formula is C18H16N4O4. The summed E-state index contributed by atoms with van der Waals surface area (Å²) in [6.45, 7) is -0.244. The van der Waals surface area contributed by atoms with E-state index in [9.17, 15) is 9.59 Å². The van der Waals surface area contributed by atoms with Gasteiger partial charge < -0.3 is 19.9 Å². The molecule has 3 rings (SSSR count). The van der Waals surface area contributed by atoms with Crippen LogP contribution in [0.1, 0.15) is 10.5 Å². The fraction of sp³-hybridized carbons (Fsp3) is 0.111. The number of nitrogens with one attached hydrogen (secondary N) is 2. The van der Waals surface area contributed by atoms with Crippen LogP contribution in [0.4, 0.5) is 5.82 Å². The molecule has 2 amide bonds. The topological polar surface area (TPSA) is 106 Å². The van der Waals surface area contributed by atoms with Crippen LogP contribution in [0.5, 0.6) is 5.75 Å². The number of methoxy groups -OCH3 is 1. The predicted molar refractivity (Wildman–Crippen MR) is 93.7 cm³/mol. The number of nitrogens with zero attached hydrogens (tertiary/aromatic N) is 2. The summed E-state index contributed by atoms with van der Waals surface area (Å²) in [6, 6.07) is 14.1. The zero-order valence-corrected chi connectivity index (χ0v) is 13.9. The molecule has 0 spiro atoms. The van der Waals surface area contributed by atoms with Crippen LogP contribution in [0.2, 0.25) is 0 Å². The van der Waals surface area contributed by atoms with E-state index in [0.717, 1.165) is 5.56 Å². The van der Waals surface area contributed by atoms with Gasteiger partial charge >= 0.3 is 0 Å². The molecule has 8 nitrogen and oxygen atoms in total. The second-order valence-electron chi connectivity index (χ2n) is 5.23. The van der Waals surface area contributed by atoms with Gasteiger partial charge in [-0.05, 0) is 12.1 Å². The SMILES string of the molecule is COc1cccnc1NC(=O)CNC(=O)c1cc(-c2ccccc2)on1. The third-order valence-corrected chi connectivity index (χ3v) is 3.46. The number of carbonyl (C=O) groups is 2. The molecule has 0 aliphatic rings. The van der Waals surface area contributed by atoms with Crippen LogP contribution < -0.4 is 15.4 Å². The van der Waals surface area contributed by atoms with Gasteiger partial charge in [-0.3, -0.25) is 9.59 Å². The zero-order valence-electron chi connectivity index (χ0n) is 13.9. The number of amides is 2. The first-order valence-corrected chi connectivity index (χ1v) is 7.76. The highest BCUT2D eigenvalue weighted by Crippen LogP contribution is 2.20. The smallest absolute Gasteiger partial charge is 0.273 e. The normalized spacial score (nSPS) is 10.2. The van der Waals surface area contributed by atoms with Gasteiger partial charge in [-0.1, -0.05) is 35.5 Å². The minimum atomic E-state index is -0.515. The van der Waals surface area contributed by atoms with Crippen molar-refractivity contribution in [1.82, 2.24) is 15.5 Å². The standard InChI is InChI=1S/C18H16N4O4/c1-25-14-8-5-9-19-17(14)21-16(23)11-20-18(24)13-10-15(26-22-13)12-6-3-2-4-7-12/h2-10H,11H2,1H3,(H,20,24)(H,19,21,23). The monoisotopic (exact) mass is 352 g/mol. The zero-order chi connectivity index (χ0) is 18.4. The number of benzene rings is 1. The highest BCUT2D eigenvalue weighted by atomic mass is 16.5. The van der Waals surface area contributed by atoms with Gasteiger partial charge in [0, 0.05) is 17.8 Å². The van der Waals surface area contributed by atoms with Gasteiger partial charge in [-0.25, -0.2) is 4.98 Å². The first kappa shape index (κ1) is 17.2. The number of hydrogen-bond donors (Lipinski definition) is 2. The maximum absolute atomic E-state index is 12.1. The Bertz CT molecular complexity index is 908. The number of pyridine rings is 1. The highest BCUT2D eigenvalue weighted by molar-refractivity contribution is 5.98. The minimum absolute atomic E-state index is 0.0899. The van der Waals surface area contributed by atoms with Crippen molar-refractivity contribution < 1.29 is 18.8 Å². The first-order valence-electron chi connectivity index (χ1n) is 7.76. The Morgan fingerprint density at radius 3 is 2.73 bits per heavy atom. The summed E-state index contributed by atoms with van der Waals surface area (Å²) in [4.78, 5) is 28.1. The predicted octanol–water partition coefficient (Wildman–Crippen LogP) is 2.11. The van der Waals surface area contributed by atoms with E-state index in [2.05, 4.69) is 20.8 Å². The van der Waals surface area contributed by atoms with E-state index in [1.54, 1.807) is 12.1 Å². The molecule has 3 aromatic rings. The number of aromatic nitrogens is 2. The fourth-order valence-electron chi connectivity index (χ4n) is 2.20. The lowest BCUT2D eigenvalue weighted by Crippen LogP contribution is -2.33. The number of hydrogen-bond acceptors (Lipinski definition) is 6. The van der Waals surface area contributed by atoms with Gasteiger partial charge in [-0.2, -0.15) is 0 Å². The molecular weight excluding hydrogens is 336 g/mol. The van der Waals surface area contributed by atoms with Crippen LogP contribution in [0.15, 0.2) is 59.3 Å². The second kappa shape index (κ2) is 7.93. The van der Waals surface area contributed by atoms with Crippen molar-refractivity contribution in [3.63, 3.8) is 0 Å². The van der Waals surface area contributed by atoms with Crippen molar-refractivity contribution in [2.45, 2.75) is 0 Å². The van der Waals surface area contributed by atoms with Crippen molar-refractivity contribution >= 4 is 17.6 Å². The van der Waals surface area contributed by atoms with Gasteiger partial charge in [-0.15, -0.1) is 0 Å². The van der Waals surface area contributed by atoms with Gasteiger partial charge in [0.2, 0.25) is 5.91 Å². The lowest BCUT2D eigenvalue weighted by Gasteiger charge is -2.08. The molecule has 0 fully saturated rings. The summed E-state index contributed by atoms with van der Waals surface area (Å²) < 4.78 is 10.3. The Hall–Kier alpha value is -3.68. The van der Waals surface area contributed by atoms with Crippen molar-refractivity contribution in [2.24, 2.45) is 0 Å². The Kier molecular flexibility index (Phi) is 5.23. The molecule has 0 saturated heterocycles. The van der Waals surface area contributed by atoms with E-state index < -0.39 is 11.8 Å². The second-order valence-corrected chi connectivity index (χ2v) is 5.23. The van der Waals surface area contributed by atoms with Crippen LogP contribution in [0, 0.1) is 0 Å². The Morgan fingerprint density at radius 2 is 1.96 bits per heavy atom. The average molecular weight is 352 g/mol. The molecule has 2 heterocycles. The quantitative estimate of drug-likeness (QED) is 0.704. The molecule has 8 heteroatoms. The summed E-state index contributed by atoms with van der Waals surface area (Å²) in [5.74, 6) is 0.220. The molecule has 0 aliphatic heterocycles. The summed E-state index contributed by atoms with van der Waals surface area (Å²) in [5, 5.41) is 8.78. The number of anilines is 1. The van der Waals surface area contributed by atoms with Crippen LogP contribution >= 0.6 is 0 Å². The molecule has 1 aromatic carbocycles. The van der Waals surface area contributed by atoms with Crippen LogP contribution in [0.25, 0.3) is 11.3 Å². The van der Waals surface area contributed by atoms with E-state index in [4.69, 9.17) is 9.26 Å². The number of ether oxygens (including phenoxy) is 1. The molecule has 0 bridgehead atoms. The van der Waals surface area contributed by atoms with Crippen molar-refractivity contribution in [3.8, 4) is 17.1 Å². The molecule has 0 saturated carbocycles. The highest BCUT2D eigenvalue weighted by Gasteiger charge is 2.15. The molecule has 2 aromatic heterocycles. The lowest BCUT2D eigenvalue weighted by molar-refractivity contribution is -0.115. The van der Waals surface area contributed by atoms with E-state index >= 15 is 0 Å². The molecule has 132 valence electrons. The Balaban J connectivity index is 1.57. The van der Waals surface area contributed by atoms with Crippen LogP contribution in [-0.2, 0) is 4.79 Å². The molecule has 0 unspecified atom stereocenters. The summed E-state index contributed by atoms with van der Waals surface area (Å²) in [6.07, 6.45) is 1.53. The average Bonchev–Trinajstić information content (AvgIpc) is 3.17. The van der Waals surface area contributed by atoms with Crippen LogP contribution in [-0.4, -0.2) is 35.6 Å². The third kappa shape index (κ3) is 4.04. The Labute approximate surface area is 149 Å². The molecule has 0 atom stereocenters. The largest absolute Gasteiger partial charge is 0.493 e. The van der Waals surface area contributed by atoms with E-state index in [-0.39, 0.29) is 18.1 Å². The number of carbonyl (C=O) groups excluding carboxylic acids is 2. The van der Waals surface area contributed by atoms with E-state index in [0.29, 0.717) is 11.5 Å². The van der Waals surface area contributed by atoms with Gasteiger partial charge in [0.1, 0.15) is 0 Å². The molecule has 0 aliphatic carbocycles. The molecule has 26 heavy (non-hydrogen) atoms. The van der Waals surface area contributed by atoms with Crippen molar-refractivity contribution in [1.29, 1.82) is 0 Å². The lowest BCUT2D eigenvalue weighted by atomic mass is 10.1. The van der Waals surface area contributed by atoms with Crippen molar-refractivity contribution in [3.05, 3.63) is 60.4 Å². The Morgan fingerprint density at radius 1 is 1.15 bits per heavy atom. The summed E-state index contributed by atoms with van der Waals surface area (Å²) in [5.41, 5.74) is 0.895. The first-order chi connectivity index (χ1) is 12.7. The summed E-state index contributed by atoms with van der Waals surface area (Å²) in [7, 11) is 1.48. The summed E-state index contributed by atoms with van der Waals surface area (Å²) >= 11 is 0. The fourth-order valence-corrected chi connectivity index (χ4v) is 2.20. The van der Waals surface area contributed by atoms with Gasteiger partial charge in [0.15, 0.2) is 23.0 Å². The van der Waals surface area contributed by atoms with Crippen molar-refractivity contribution in [2.75, 3.05) is 19.0 Å². The minimum Gasteiger partial charge on any atom is -0.493 e. The number of rotatable bonds is 6.